The van der Waals surface area contributed by atoms with Gasteiger partial charge in [-0.1, -0.05) is 13.3 Å². The molecule has 1 atom stereocenters. The molecular formula is C13H17FO3. The van der Waals surface area contributed by atoms with Gasteiger partial charge >= 0.3 is 5.97 Å². The van der Waals surface area contributed by atoms with Gasteiger partial charge in [0.1, 0.15) is 5.82 Å². The maximum absolute atomic E-state index is 13.4. The largest absolute Gasteiger partial charge is 0.478 e. The zero-order valence-electron chi connectivity index (χ0n) is 10.1. The van der Waals surface area contributed by atoms with Gasteiger partial charge in [0.2, 0.25) is 0 Å². The Labute approximate surface area is 100 Å². The van der Waals surface area contributed by atoms with E-state index in [1.165, 1.54) is 12.1 Å². The summed E-state index contributed by atoms with van der Waals surface area (Å²) in [6.07, 6.45) is 1.95. The second-order valence-electron chi connectivity index (χ2n) is 4.02. The molecule has 0 aliphatic heterocycles. The molecule has 94 valence electrons. The van der Waals surface area contributed by atoms with Gasteiger partial charge < -0.3 is 9.84 Å². The van der Waals surface area contributed by atoms with E-state index < -0.39 is 11.8 Å². The molecule has 0 saturated carbocycles. The first-order valence-corrected chi connectivity index (χ1v) is 5.68. The van der Waals surface area contributed by atoms with Gasteiger partial charge in [-0.05, 0) is 31.5 Å². The van der Waals surface area contributed by atoms with Gasteiger partial charge in [-0.25, -0.2) is 9.18 Å². The van der Waals surface area contributed by atoms with Crippen LogP contribution in [0.4, 0.5) is 4.39 Å². The van der Waals surface area contributed by atoms with Crippen LogP contribution in [0.3, 0.4) is 0 Å². The Balaban J connectivity index is 2.69. The van der Waals surface area contributed by atoms with Gasteiger partial charge in [0.05, 0.1) is 18.3 Å². The summed E-state index contributed by atoms with van der Waals surface area (Å²) in [6.45, 7) is 4.07. The number of hydrogen-bond acceptors (Lipinski definition) is 2. The second kappa shape index (κ2) is 6.35. The fraction of sp³-hybridized carbons (Fsp3) is 0.462. The minimum Gasteiger partial charge on any atom is -0.478 e. The van der Waals surface area contributed by atoms with Gasteiger partial charge in [-0.15, -0.1) is 0 Å². The third-order valence-electron chi connectivity index (χ3n) is 2.51. The molecule has 4 heteroatoms. The number of carbonyl (C=O) groups is 1. The maximum Gasteiger partial charge on any atom is 0.335 e. The monoisotopic (exact) mass is 240 g/mol. The number of benzene rings is 1. The number of ether oxygens (including phenoxy) is 1. The van der Waals surface area contributed by atoms with E-state index in [1.54, 1.807) is 0 Å². The summed E-state index contributed by atoms with van der Waals surface area (Å²) >= 11 is 0. The van der Waals surface area contributed by atoms with Crippen LogP contribution in [0.1, 0.15) is 42.6 Å². The average molecular weight is 240 g/mol. The van der Waals surface area contributed by atoms with Crippen molar-refractivity contribution in [2.45, 2.75) is 39.4 Å². The topological polar surface area (TPSA) is 46.5 Å². The summed E-state index contributed by atoms with van der Waals surface area (Å²) in [6, 6.07) is 3.72. The van der Waals surface area contributed by atoms with Crippen molar-refractivity contribution < 1.29 is 19.0 Å². The first-order valence-electron chi connectivity index (χ1n) is 5.68. The van der Waals surface area contributed by atoms with Gasteiger partial charge in [0.15, 0.2) is 0 Å². The molecule has 0 amide bonds. The number of carboxylic acids is 1. The highest BCUT2D eigenvalue weighted by molar-refractivity contribution is 5.87. The Morgan fingerprint density at radius 3 is 2.82 bits per heavy atom. The predicted molar refractivity (Wildman–Crippen MR) is 62.5 cm³/mol. The lowest BCUT2D eigenvalue weighted by atomic mass is 10.1. The van der Waals surface area contributed by atoms with Crippen LogP contribution in [0.15, 0.2) is 18.2 Å². The molecule has 0 aliphatic rings. The maximum atomic E-state index is 13.4. The Bertz CT molecular complexity index is 390. The van der Waals surface area contributed by atoms with E-state index in [9.17, 15) is 9.18 Å². The highest BCUT2D eigenvalue weighted by Crippen LogP contribution is 2.14. The van der Waals surface area contributed by atoms with E-state index >= 15 is 0 Å². The molecule has 1 rings (SSSR count). The lowest BCUT2D eigenvalue weighted by molar-refractivity contribution is 0.0455. The second-order valence-corrected chi connectivity index (χ2v) is 4.02. The molecule has 1 N–H and O–H groups in total. The van der Waals surface area contributed by atoms with Crippen LogP contribution in [0.5, 0.6) is 0 Å². The molecule has 17 heavy (non-hydrogen) atoms. The number of rotatable bonds is 6. The van der Waals surface area contributed by atoms with Crippen LogP contribution < -0.4 is 0 Å². The molecule has 1 aromatic carbocycles. The summed E-state index contributed by atoms with van der Waals surface area (Å²) in [5.41, 5.74) is 0.362. The van der Waals surface area contributed by atoms with Gasteiger partial charge in [0.25, 0.3) is 0 Å². The summed E-state index contributed by atoms with van der Waals surface area (Å²) < 4.78 is 18.8. The lowest BCUT2D eigenvalue weighted by Crippen LogP contribution is -2.09. The van der Waals surface area contributed by atoms with Crippen LogP contribution in [-0.2, 0) is 11.3 Å². The van der Waals surface area contributed by atoms with E-state index in [0.717, 1.165) is 18.9 Å². The fourth-order valence-corrected chi connectivity index (χ4v) is 1.54. The van der Waals surface area contributed by atoms with E-state index in [1.807, 2.05) is 13.8 Å². The summed E-state index contributed by atoms with van der Waals surface area (Å²) in [5, 5.41) is 8.80. The number of hydrogen-bond donors (Lipinski definition) is 1. The molecule has 0 spiro atoms. The minimum absolute atomic E-state index is 0.0490. The van der Waals surface area contributed by atoms with Crippen LogP contribution in [0, 0.1) is 5.82 Å². The number of aromatic carboxylic acids is 1. The predicted octanol–water partition coefficient (Wildman–Crippen LogP) is 3.23. The van der Waals surface area contributed by atoms with Gasteiger partial charge in [-0.3, -0.25) is 0 Å². The van der Waals surface area contributed by atoms with E-state index in [-0.39, 0.29) is 23.8 Å². The Morgan fingerprint density at radius 1 is 1.53 bits per heavy atom. The molecule has 0 heterocycles. The van der Waals surface area contributed by atoms with Crippen molar-refractivity contribution in [3.63, 3.8) is 0 Å². The SMILES string of the molecule is CCCC(C)OCc1cc(C(=O)O)ccc1F. The molecule has 0 saturated heterocycles. The molecule has 0 radical (unpaired) electrons. The Hall–Kier alpha value is -1.42. The third-order valence-corrected chi connectivity index (χ3v) is 2.51. The summed E-state index contributed by atoms with van der Waals surface area (Å²) in [4.78, 5) is 10.7. The normalized spacial score (nSPS) is 12.4. The van der Waals surface area contributed by atoms with Crippen molar-refractivity contribution in [2.75, 3.05) is 0 Å². The van der Waals surface area contributed by atoms with Crippen LogP contribution in [0.2, 0.25) is 0 Å². The van der Waals surface area contributed by atoms with Gasteiger partial charge in [-0.2, -0.15) is 0 Å². The zero-order chi connectivity index (χ0) is 12.8. The minimum atomic E-state index is -1.06. The Kier molecular flexibility index (Phi) is 5.10. The summed E-state index contributed by atoms with van der Waals surface area (Å²) in [5.74, 6) is -1.49. The Morgan fingerprint density at radius 2 is 2.24 bits per heavy atom. The quantitative estimate of drug-likeness (QED) is 0.830. The van der Waals surface area contributed by atoms with Crippen molar-refractivity contribution in [2.24, 2.45) is 0 Å². The molecular weight excluding hydrogens is 223 g/mol. The summed E-state index contributed by atoms with van der Waals surface area (Å²) in [7, 11) is 0. The van der Waals surface area contributed by atoms with Crippen molar-refractivity contribution in [1.82, 2.24) is 0 Å². The van der Waals surface area contributed by atoms with Crippen molar-refractivity contribution >= 4 is 5.97 Å². The highest BCUT2D eigenvalue weighted by atomic mass is 19.1. The standard InChI is InChI=1S/C13H17FO3/c1-3-4-9(2)17-8-11-7-10(13(15)16)5-6-12(11)14/h5-7,9H,3-4,8H2,1-2H3,(H,15,16). The number of halogens is 1. The van der Waals surface area contributed by atoms with Crippen LogP contribution in [-0.4, -0.2) is 17.2 Å². The zero-order valence-corrected chi connectivity index (χ0v) is 10.1. The van der Waals surface area contributed by atoms with E-state index in [0.29, 0.717) is 0 Å². The van der Waals surface area contributed by atoms with Crippen LogP contribution in [0.25, 0.3) is 0 Å². The molecule has 0 aliphatic carbocycles. The lowest BCUT2D eigenvalue weighted by Gasteiger charge is -2.12. The van der Waals surface area contributed by atoms with Crippen LogP contribution >= 0.6 is 0 Å². The van der Waals surface area contributed by atoms with Gasteiger partial charge in [0, 0.05) is 5.56 Å². The number of carboxylic acid groups (broad SMARTS) is 1. The fourth-order valence-electron chi connectivity index (χ4n) is 1.54. The molecule has 0 fully saturated rings. The molecule has 0 aromatic heterocycles. The third kappa shape index (κ3) is 4.15. The highest BCUT2D eigenvalue weighted by Gasteiger charge is 2.09. The molecule has 1 aromatic rings. The van der Waals surface area contributed by atoms with Crippen molar-refractivity contribution in [3.8, 4) is 0 Å². The average Bonchev–Trinajstić information content (AvgIpc) is 2.28. The molecule has 1 unspecified atom stereocenters. The van der Waals surface area contributed by atoms with E-state index in [2.05, 4.69) is 0 Å². The smallest absolute Gasteiger partial charge is 0.335 e. The molecule has 0 bridgehead atoms. The van der Waals surface area contributed by atoms with E-state index in [4.69, 9.17) is 9.84 Å². The van der Waals surface area contributed by atoms with Crippen molar-refractivity contribution in [3.05, 3.63) is 35.1 Å². The first kappa shape index (κ1) is 13.6. The van der Waals surface area contributed by atoms with Crippen molar-refractivity contribution in [1.29, 1.82) is 0 Å². The first-order chi connectivity index (χ1) is 8.04. The molecule has 3 nitrogen and oxygen atoms in total.